The van der Waals surface area contributed by atoms with Crippen molar-refractivity contribution in [3.8, 4) is 5.88 Å². The average Bonchev–Trinajstić information content (AvgIpc) is 2.54. The zero-order valence-corrected chi connectivity index (χ0v) is 13.2. The molecule has 1 aromatic carbocycles. The summed E-state index contributed by atoms with van der Waals surface area (Å²) < 4.78 is 93.0. The smallest absolute Gasteiger partial charge is 0.423 e. The van der Waals surface area contributed by atoms with Crippen LogP contribution in [-0.2, 0) is 6.18 Å². The fourth-order valence-electron chi connectivity index (χ4n) is 2.00. The Labute approximate surface area is 143 Å². The molecule has 0 N–H and O–H groups in total. The van der Waals surface area contributed by atoms with Gasteiger partial charge < -0.3 is 9.64 Å². The maximum atomic E-state index is 13.0. The van der Waals surface area contributed by atoms with Gasteiger partial charge in [0.15, 0.2) is 6.61 Å². The Morgan fingerprint density at radius 3 is 2.15 bits per heavy atom. The summed E-state index contributed by atoms with van der Waals surface area (Å²) in [6, 6.07) is 4.89. The molecule has 0 spiro atoms. The van der Waals surface area contributed by atoms with Crippen molar-refractivity contribution in [1.82, 2.24) is 9.97 Å². The Balaban J connectivity index is 2.43. The first-order valence-corrected chi connectivity index (χ1v) is 7.18. The maximum absolute atomic E-state index is 13.0. The van der Waals surface area contributed by atoms with E-state index in [0.29, 0.717) is 11.9 Å². The molecule has 0 aliphatic heterocycles. The molecule has 1 aromatic heterocycles. The molecule has 0 amide bonds. The van der Waals surface area contributed by atoms with E-state index < -0.39 is 36.2 Å². The third kappa shape index (κ3) is 4.96. The lowest BCUT2D eigenvalue weighted by Gasteiger charge is -2.22. The van der Waals surface area contributed by atoms with Gasteiger partial charge >= 0.3 is 12.4 Å². The summed E-state index contributed by atoms with van der Waals surface area (Å²) in [7, 11) is 0. The number of aromatic nitrogens is 2. The minimum atomic E-state index is -4.99. The highest BCUT2D eigenvalue weighted by Crippen LogP contribution is 2.36. The van der Waals surface area contributed by atoms with Crippen LogP contribution in [0.25, 0.3) is 0 Å². The van der Waals surface area contributed by atoms with Crippen molar-refractivity contribution < 1.29 is 35.5 Å². The molecular weight excluding hydrogens is 371 g/mol. The first kappa shape index (κ1) is 19.7. The monoisotopic (exact) mass is 383 g/mol. The second kappa shape index (κ2) is 7.34. The van der Waals surface area contributed by atoms with Gasteiger partial charge in [0.25, 0.3) is 0 Å². The zero-order chi connectivity index (χ0) is 19.5. The lowest BCUT2D eigenvalue weighted by Crippen LogP contribution is -2.24. The second-order valence-electron chi connectivity index (χ2n) is 5.01. The van der Waals surface area contributed by atoms with E-state index in [1.165, 1.54) is 17.0 Å². The molecule has 11 heteroatoms. The number of halogens is 7. The van der Waals surface area contributed by atoms with Gasteiger partial charge in [-0.25, -0.2) is 9.37 Å². The van der Waals surface area contributed by atoms with Crippen LogP contribution in [-0.4, -0.2) is 29.3 Å². The molecule has 0 saturated carbocycles. The van der Waals surface area contributed by atoms with Crippen LogP contribution >= 0.6 is 0 Å². The molecule has 2 aromatic rings. The molecule has 0 saturated heterocycles. The zero-order valence-electron chi connectivity index (χ0n) is 13.2. The quantitative estimate of drug-likeness (QED) is 0.700. The summed E-state index contributed by atoms with van der Waals surface area (Å²) in [4.78, 5) is 8.34. The highest BCUT2D eigenvalue weighted by molar-refractivity contribution is 5.57. The first-order chi connectivity index (χ1) is 12.0. The molecule has 0 aliphatic carbocycles. The molecule has 0 atom stereocenters. The Morgan fingerprint density at radius 2 is 1.65 bits per heavy atom. The Hall–Kier alpha value is -2.59. The van der Waals surface area contributed by atoms with E-state index in [9.17, 15) is 30.7 Å². The van der Waals surface area contributed by atoms with Gasteiger partial charge in [-0.3, -0.25) is 0 Å². The van der Waals surface area contributed by atoms with Crippen LogP contribution in [0.15, 0.2) is 30.5 Å². The minimum Gasteiger partial charge on any atom is -0.467 e. The van der Waals surface area contributed by atoms with Crippen molar-refractivity contribution in [1.29, 1.82) is 0 Å². The maximum Gasteiger partial charge on any atom is 0.423 e. The van der Waals surface area contributed by atoms with Gasteiger partial charge in [-0.05, 0) is 31.2 Å². The summed E-state index contributed by atoms with van der Waals surface area (Å²) >= 11 is 0. The molecule has 142 valence electrons. The number of hydrogen-bond acceptors (Lipinski definition) is 4. The van der Waals surface area contributed by atoms with Crippen molar-refractivity contribution >= 4 is 11.6 Å². The minimum absolute atomic E-state index is 0.162. The molecule has 4 nitrogen and oxygen atoms in total. The van der Waals surface area contributed by atoms with Crippen molar-refractivity contribution in [3.63, 3.8) is 0 Å². The van der Waals surface area contributed by atoms with Crippen LogP contribution in [0.2, 0.25) is 0 Å². The molecule has 1 heterocycles. The molecule has 2 rings (SSSR count). The topological polar surface area (TPSA) is 38.2 Å². The van der Waals surface area contributed by atoms with Crippen molar-refractivity contribution in [3.05, 3.63) is 41.8 Å². The number of nitrogens with zero attached hydrogens (tertiary/aromatic N) is 3. The van der Waals surface area contributed by atoms with Crippen LogP contribution in [0.1, 0.15) is 12.5 Å². The normalized spacial score (nSPS) is 12.2. The van der Waals surface area contributed by atoms with E-state index >= 15 is 0 Å². The van der Waals surface area contributed by atoms with Crippen LogP contribution in [0, 0.1) is 5.82 Å². The highest BCUT2D eigenvalue weighted by atomic mass is 19.4. The number of anilines is 2. The molecule has 0 unspecified atom stereocenters. The van der Waals surface area contributed by atoms with Crippen LogP contribution < -0.4 is 9.64 Å². The third-order valence-corrected chi connectivity index (χ3v) is 3.11. The summed E-state index contributed by atoms with van der Waals surface area (Å²) in [6.07, 6.45) is -9.48. The van der Waals surface area contributed by atoms with Gasteiger partial charge in [0, 0.05) is 18.4 Å². The van der Waals surface area contributed by atoms with Crippen molar-refractivity contribution in [2.24, 2.45) is 0 Å². The highest BCUT2D eigenvalue weighted by Gasteiger charge is 2.38. The van der Waals surface area contributed by atoms with Gasteiger partial charge in [-0.2, -0.15) is 31.3 Å². The predicted octanol–water partition coefficient (Wildman–Crippen LogP) is 4.73. The third-order valence-electron chi connectivity index (χ3n) is 3.11. The number of rotatable bonds is 5. The fourth-order valence-corrected chi connectivity index (χ4v) is 2.00. The standard InChI is InChI=1S/C15H12F7N3O/c1-2-25(10-5-3-9(16)4-6-10)13-23-7-11(15(20,21)22)12(24-13)26-8-14(17,18)19/h3-7H,2,8H2,1H3. The Morgan fingerprint density at radius 1 is 1.04 bits per heavy atom. The van der Waals surface area contributed by atoms with Gasteiger partial charge in [0.05, 0.1) is 0 Å². The summed E-state index contributed by atoms with van der Waals surface area (Å²) in [6.45, 7) is -0.161. The summed E-state index contributed by atoms with van der Waals surface area (Å²) in [5, 5.41) is 0. The summed E-state index contributed by atoms with van der Waals surface area (Å²) in [5.41, 5.74) is -1.18. The van der Waals surface area contributed by atoms with E-state index in [0.717, 1.165) is 12.1 Å². The second-order valence-corrected chi connectivity index (χ2v) is 5.01. The SMILES string of the molecule is CCN(c1ccc(F)cc1)c1ncc(C(F)(F)F)c(OCC(F)(F)F)n1. The van der Waals surface area contributed by atoms with E-state index in [2.05, 4.69) is 14.7 Å². The molecule has 0 aliphatic rings. The van der Waals surface area contributed by atoms with Gasteiger partial charge in [0.1, 0.15) is 11.4 Å². The van der Waals surface area contributed by atoms with Crippen molar-refractivity contribution in [2.75, 3.05) is 18.1 Å². The molecule has 0 radical (unpaired) electrons. The Kier molecular flexibility index (Phi) is 5.57. The van der Waals surface area contributed by atoms with E-state index in [-0.39, 0.29) is 12.5 Å². The molecule has 0 bridgehead atoms. The number of ether oxygens (including phenoxy) is 1. The number of hydrogen-bond donors (Lipinski definition) is 0. The predicted molar refractivity (Wildman–Crippen MR) is 77.7 cm³/mol. The molecular formula is C15H12F7N3O. The van der Waals surface area contributed by atoms with Crippen LogP contribution in [0.3, 0.4) is 0 Å². The van der Waals surface area contributed by atoms with E-state index in [4.69, 9.17) is 0 Å². The fraction of sp³-hybridized carbons (Fsp3) is 0.333. The lowest BCUT2D eigenvalue weighted by molar-refractivity contribution is -0.159. The van der Waals surface area contributed by atoms with Crippen molar-refractivity contribution in [2.45, 2.75) is 19.3 Å². The largest absolute Gasteiger partial charge is 0.467 e. The summed E-state index contributed by atoms with van der Waals surface area (Å²) in [5.74, 6) is -2.09. The number of benzene rings is 1. The average molecular weight is 383 g/mol. The van der Waals surface area contributed by atoms with Gasteiger partial charge in [-0.1, -0.05) is 0 Å². The van der Waals surface area contributed by atoms with Gasteiger partial charge in [-0.15, -0.1) is 0 Å². The van der Waals surface area contributed by atoms with Crippen LogP contribution in [0.4, 0.5) is 42.4 Å². The Bertz CT molecular complexity index is 744. The molecule has 0 fully saturated rings. The number of alkyl halides is 6. The van der Waals surface area contributed by atoms with Crippen LogP contribution in [0.5, 0.6) is 5.88 Å². The lowest BCUT2D eigenvalue weighted by atomic mass is 10.3. The first-order valence-electron chi connectivity index (χ1n) is 7.18. The van der Waals surface area contributed by atoms with Gasteiger partial charge in [0.2, 0.25) is 11.8 Å². The van der Waals surface area contributed by atoms with E-state index in [1.54, 1.807) is 6.92 Å². The van der Waals surface area contributed by atoms with E-state index in [1.807, 2.05) is 0 Å². The molecule has 26 heavy (non-hydrogen) atoms.